The molecule has 1 aromatic heterocycles. The molecule has 7 nitrogen and oxygen atoms in total. The van der Waals surface area contributed by atoms with Gasteiger partial charge in [-0.05, 0) is 62.4 Å². The zero-order valence-electron chi connectivity index (χ0n) is 17.6. The van der Waals surface area contributed by atoms with Crippen molar-refractivity contribution < 1.29 is 19.4 Å². The van der Waals surface area contributed by atoms with Crippen molar-refractivity contribution in [2.45, 2.75) is 26.1 Å². The molecule has 0 unspecified atom stereocenters. The first-order valence-corrected chi connectivity index (χ1v) is 10.2. The number of nitrogens with one attached hydrogen (secondary N) is 2. The highest BCUT2D eigenvalue weighted by Crippen LogP contribution is 2.33. The van der Waals surface area contributed by atoms with Gasteiger partial charge >= 0.3 is 0 Å². The fraction of sp³-hybridized carbons (Fsp3) is 0.217. The predicted octanol–water partition coefficient (Wildman–Crippen LogP) is 4.40. The van der Waals surface area contributed by atoms with Crippen LogP contribution in [-0.2, 0) is 6.67 Å². The number of aliphatic hydroxyl groups is 1. The number of benzene rings is 2. The van der Waals surface area contributed by atoms with E-state index in [9.17, 15) is 19.4 Å². The number of carbonyl (C=O) groups excluding carboxylic acids is 1. The molecule has 0 atom stereocenters. The van der Waals surface area contributed by atoms with Gasteiger partial charge in [0.2, 0.25) is 0 Å². The van der Waals surface area contributed by atoms with Gasteiger partial charge < -0.3 is 26.6 Å². The minimum absolute atomic E-state index is 0.0241. The number of hydrogen-bond acceptors (Lipinski definition) is 6. The fourth-order valence-electron chi connectivity index (χ4n) is 3.00. The third-order valence-electron chi connectivity index (χ3n) is 4.78. The maximum absolute atomic E-state index is 13.3. The first-order chi connectivity index (χ1) is 15.1. The Balaban J connectivity index is 1.90. The Morgan fingerprint density at radius 2 is 1.94 bits per heavy atom. The minimum atomic E-state index is -0.819. The van der Waals surface area contributed by atoms with E-state index in [1.165, 1.54) is 18.2 Å². The predicted molar refractivity (Wildman–Crippen MR) is 124 cm³/mol. The normalized spacial score (nSPS) is 11.3. The maximum atomic E-state index is 13.3. The number of rotatable bonds is 7. The molecule has 32 heavy (non-hydrogen) atoms. The molecule has 0 bridgehead atoms. The van der Waals surface area contributed by atoms with E-state index in [2.05, 4.69) is 15.6 Å². The Hall–Kier alpha value is -3.36. The van der Waals surface area contributed by atoms with Crippen LogP contribution in [0.2, 0.25) is 5.02 Å². The van der Waals surface area contributed by atoms with Crippen LogP contribution in [0.1, 0.15) is 29.8 Å². The zero-order chi connectivity index (χ0) is 23.5. The summed E-state index contributed by atoms with van der Waals surface area (Å²) in [5.74, 6) is -0.534. The summed E-state index contributed by atoms with van der Waals surface area (Å²) in [5, 5.41) is 25.9. The van der Waals surface area contributed by atoms with Gasteiger partial charge in [-0.3, -0.25) is 4.79 Å². The van der Waals surface area contributed by atoms with Gasteiger partial charge in [0.1, 0.15) is 18.2 Å². The fourth-order valence-corrected chi connectivity index (χ4v) is 3.20. The van der Waals surface area contributed by atoms with E-state index in [4.69, 9.17) is 17.3 Å². The van der Waals surface area contributed by atoms with Crippen molar-refractivity contribution in [2.75, 3.05) is 17.7 Å². The quantitative estimate of drug-likeness (QED) is 0.334. The summed E-state index contributed by atoms with van der Waals surface area (Å²) < 4.78 is 13.3. The summed E-state index contributed by atoms with van der Waals surface area (Å²) in [7, 11) is 0. The Morgan fingerprint density at radius 3 is 2.59 bits per heavy atom. The van der Waals surface area contributed by atoms with E-state index in [-0.39, 0.29) is 23.7 Å². The number of aliphatic hydroxyl groups excluding tert-OH is 1. The van der Waals surface area contributed by atoms with Crippen molar-refractivity contribution >= 4 is 34.7 Å². The number of amides is 1. The molecule has 0 aliphatic rings. The van der Waals surface area contributed by atoms with Gasteiger partial charge in [-0.2, -0.15) is 0 Å². The van der Waals surface area contributed by atoms with Crippen molar-refractivity contribution in [3.8, 4) is 17.0 Å². The molecule has 0 spiro atoms. The number of nitrogens with two attached hydrogens (primary N) is 1. The SMILES string of the molecule is CC(C)(CO)NC(=O)c1ccc(-c2cc(Nc3ccc(Cl)cc3CF)ccc2O)nc1N. The van der Waals surface area contributed by atoms with E-state index >= 15 is 0 Å². The molecular formula is C23H24ClFN4O3. The molecule has 1 amide bonds. The Morgan fingerprint density at radius 1 is 1.19 bits per heavy atom. The standard InChI is InChI=1S/C23H24ClFN4O3/c1-23(2,12-30)29-22(32)16-5-7-19(28-21(16)26)17-10-15(4-8-20(17)31)27-18-6-3-14(24)9-13(18)11-25/h3-10,27,30-31H,11-12H2,1-2H3,(H2,26,28)(H,29,32). The van der Waals surface area contributed by atoms with Crippen LogP contribution >= 0.6 is 11.6 Å². The van der Waals surface area contributed by atoms with Crippen LogP contribution in [0.15, 0.2) is 48.5 Å². The maximum Gasteiger partial charge on any atom is 0.255 e. The van der Waals surface area contributed by atoms with Gasteiger partial charge in [0.05, 0.1) is 23.4 Å². The number of alkyl halides is 1. The molecule has 0 aliphatic carbocycles. The van der Waals surface area contributed by atoms with E-state index in [0.29, 0.717) is 33.2 Å². The zero-order valence-corrected chi connectivity index (χ0v) is 18.4. The van der Waals surface area contributed by atoms with Crippen LogP contribution in [0.4, 0.5) is 21.6 Å². The number of nitrogen functional groups attached to an aromatic ring is 1. The number of aromatic nitrogens is 1. The van der Waals surface area contributed by atoms with Crippen molar-refractivity contribution in [3.05, 3.63) is 64.7 Å². The lowest BCUT2D eigenvalue weighted by Gasteiger charge is -2.23. The smallest absolute Gasteiger partial charge is 0.255 e. The summed E-state index contributed by atoms with van der Waals surface area (Å²) in [6.45, 7) is 2.42. The summed E-state index contributed by atoms with van der Waals surface area (Å²) in [4.78, 5) is 16.7. The van der Waals surface area contributed by atoms with E-state index < -0.39 is 18.1 Å². The lowest BCUT2D eigenvalue weighted by molar-refractivity contribution is 0.0870. The Labute approximate surface area is 190 Å². The topological polar surface area (TPSA) is 120 Å². The number of aromatic hydroxyl groups is 1. The molecule has 6 N–H and O–H groups in total. The molecule has 3 rings (SSSR count). The highest BCUT2D eigenvalue weighted by Gasteiger charge is 2.22. The number of phenolic OH excluding ortho intramolecular Hbond substituents is 1. The van der Waals surface area contributed by atoms with Gasteiger partial charge in [0.15, 0.2) is 0 Å². The second-order valence-electron chi connectivity index (χ2n) is 7.92. The number of halogens is 2. The van der Waals surface area contributed by atoms with Crippen molar-refractivity contribution in [3.63, 3.8) is 0 Å². The number of carbonyl (C=O) groups is 1. The first-order valence-electron chi connectivity index (χ1n) is 9.78. The molecular weight excluding hydrogens is 435 g/mol. The van der Waals surface area contributed by atoms with Crippen LogP contribution in [0, 0.1) is 0 Å². The molecule has 0 saturated heterocycles. The second-order valence-corrected chi connectivity index (χ2v) is 8.35. The Bertz CT molecular complexity index is 1150. The molecule has 0 aliphatic heterocycles. The largest absolute Gasteiger partial charge is 0.507 e. The molecule has 168 valence electrons. The number of nitrogens with zero attached hydrogens (tertiary/aromatic N) is 1. The third-order valence-corrected chi connectivity index (χ3v) is 5.01. The highest BCUT2D eigenvalue weighted by atomic mass is 35.5. The van der Waals surface area contributed by atoms with Gasteiger partial charge in [-0.1, -0.05) is 11.6 Å². The summed E-state index contributed by atoms with van der Waals surface area (Å²) >= 11 is 5.93. The van der Waals surface area contributed by atoms with Crippen LogP contribution in [0.5, 0.6) is 5.75 Å². The summed E-state index contributed by atoms with van der Waals surface area (Å²) in [5.41, 5.74) is 7.58. The third kappa shape index (κ3) is 5.27. The first kappa shape index (κ1) is 23.3. The number of pyridine rings is 1. The molecule has 0 saturated carbocycles. The molecule has 3 aromatic rings. The van der Waals surface area contributed by atoms with Crippen LogP contribution in [-0.4, -0.2) is 33.3 Å². The van der Waals surface area contributed by atoms with Crippen LogP contribution in [0.3, 0.4) is 0 Å². The van der Waals surface area contributed by atoms with E-state index in [1.807, 2.05) is 0 Å². The summed E-state index contributed by atoms with van der Waals surface area (Å²) in [6.07, 6.45) is 0. The van der Waals surface area contributed by atoms with E-state index in [0.717, 1.165) is 0 Å². The average molecular weight is 459 g/mol. The number of phenols is 1. The molecule has 0 radical (unpaired) electrons. The molecule has 0 fully saturated rings. The number of anilines is 3. The monoisotopic (exact) mass is 458 g/mol. The van der Waals surface area contributed by atoms with Gasteiger partial charge in [-0.25, -0.2) is 9.37 Å². The van der Waals surface area contributed by atoms with E-state index in [1.54, 1.807) is 44.2 Å². The summed E-state index contributed by atoms with van der Waals surface area (Å²) in [6, 6.07) is 12.7. The van der Waals surface area contributed by atoms with Crippen LogP contribution < -0.4 is 16.4 Å². The van der Waals surface area contributed by atoms with Gasteiger partial charge in [-0.15, -0.1) is 0 Å². The van der Waals surface area contributed by atoms with Crippen molar-refractivity contribution in [1.29, 1.82) is 0 Å². The number of hydrogen-bond donors (Lipinski definition) is 5. The van der Waals surface area contributed by atoms with Crippen LogP contribution in [0.25, 0.3) is 11.3 Å². The lowest BCUT2D eigenvalue weighted by Crippen LogP contribution is -2.46. The van der Waals surface area contributed by atoms with Gasteiger partial charge in [0, 0.05) is 27.5 Å². The molecule has 1 heterocycles. The lowest BCUT2D eigenvalue weighted by atomic mass is 10.0. The second kappa shape index (κ2) is 9.42. The molecule has 2 aromatic carbocycles. The average Bonchev–Trinajstić information content (AvgIpc) is 2.75. The van der Waals surface area contributed by atoms with Crippen molar-refractivity contribution in [2.24, 2.45) is 0 Å². The minimum Gasteiger partial charge on any atom is -0.507 e. The highest BCUT2D eigenvalue weighted by molar-refractivity contribution is 6.30. The van der Waals surface area contributed by atoms with Crippen molar-refractivity contribution in [1.82, 2.24) is 10.3 Å². The molecule has 9 heteroatoms. The van der Waals surface area contributed by atoms with Gasteiger partial charge in [0.25, 0.3) is 5.91 Å². The Kier molecular flexibility index (Phi) is 6.86.